The van der Waals surface area contributed by atoms with E-state index in [1.165, 1.54) is 17.0 Å². The van der Waals surface area contributed by atoms with Gasteiger partial charge in [0.1, 0.15) is 18.4 Å². The summed E-state index contributed by atoms with van der Waals surface area (Å²) in [6.45, 7) is 3.49. The Hall–Kier alpha value is -2.07. The number of halogens is 4. The highest BCUT2D eigenvalue weighted by atomic mass is 35.5. The second-order valence-electron chi connectivity index (χ2n) is 8.19. The molecule has 0 aliphatic rings. The van der Waals surface area contributed by atoms with Crippen LogP contribution in [0.15, 0.2) is 36.4 Å². The average molecular weight is 581 g/mol. The number of nitrogens with zero attached hydrogens (tertiary/aromatic N) is 2. The van der Waals surface area contributed by atoms with Crippen LogP contribution in [0.3, 0.4) is 0 Å². The van der Waals surface area contributed by atoms with Gasteiger partial charge in [-0.3, -0.25) is 13.9 Å². The van der Waals surface area contributed by atoms with E-state index < -0.39 is 34.3 Å². The predicted octanol–water partition coefficient (Wildman–Crippen LogP) is 5.28. The molecule has 2 aromatic rings. The third kappa shape index (κ3) is 8.23. The lowest BCUT2D eigenvalue weighted by Gasteiger charge is -2.33. The van der Waals surface area contributed by atoms with Crippen molar-refractivity contribution in [2.24, 2.45) is 0 Å². The van der Waals surface area contributed by atoms with Gasteiger partial charge in [0.15, 0.2) is 0 Å². The van der Waals surface area contributed by atoms with Gasteiger partial charge in [-0.2, -0.15) is 0 Å². The monoisotopic (exact) mass is 579 g/mol. The van der Waals surface area contributed by atoms with E-state index in [1.807, 2.05) is 6.92 Å². The van der Waals surface area contributed by atoms with Gasteiger partial charge in [-0.1, -0.05) is 61.1 Å². The maximum absolute atomic E-state index is 13.7. The first-order valence-corrected chi connectivity index (χ1v) is 14.3. The van der Waals surface area contributed by atoms with Crippen molar-refractivity contribution in [1.82, 2.24) is 10.2 Å². The largest absolute Gasteiger partial charge is 0.354 e. The zero-order valence-corrected chi connectivity index (χ0v) is 23.3. The van der Waals surface area contributed by atoms with Crippen molar-refractivity contribution in [3.63, 3.8) is 0 Å². The second-order valence-corrected chi connectivity index (χ2v) is 11.4. The number of amides is 2. The first-order chi connectivity index (χ1) is 16.9. The van der Waals surface area contributed by atoms with Crippen molar-refractivity contribution in [3.05, 3.63) is 62.8 Å². The molecule has 0 saturated carbocycles. The molecule has 2 amide bonds. The molecule has 1 unspecified atom stereocenters. The number of hydrogen-bond acceptors (Lipinski definition) is 4. The highest BCUT2D eigenvalue weighted by Crippen LogP contribution is 2.26. The van der Waals surface area contributed by atoms with Crippen LogP contribution in [-0.4, -0.2) is 50.5 Å². The van der Waals surface area contributed by atoms with Gasteiger partial charge in [0.2, 0.25) is 21.8 Å². The van der Waals surface area contributed by atoms with Crippen LogP contribution in [-0.2, 0) is 26.2 Å². The minimum atomic E-state index is -3.97. The molecule has 0 aromatic heterocycles. The predicted molar refractivity (Wildman–Crippen MR) is 143 cm³/mol. The van der Waals surface area contributed by atoms with Gasteiger partial charge in [0.05, 0.1) is 17.0 Å². The van der Waals surface area contributed by atoms with Crippen molar-refractivity contribution >= 4 is 62.3 Å². The summed E-state index contributed by atoms with van der Waals surface area (Å²) in [5, 5.41) is 3.24. The summed E-state index contributed by atoms with van der Waals surface area (Å²) in [6, 6.07) is 7.23. The van der Waals surface area contributed by atoms with E-state index in [1.54, 1.807) is 19.1 Å². The van der Waals surface area contributed by atoms with Gasteiger partial charge in [-0.25, -0.2) is 12.8 Å². The Kier molecular flexibility index (Phi) is 11.3. The lowest BCUT2D eigenvalue weighted by molar-refractivity contribution is -0.140. The molecule has 0 spiro atoms. The number of carbonyl (C=O) groups excluding carboxylic acids is 2. The molecular formula is C24H29Cl3FN3O4S. The Morgan fingerprint density at radius 2 is 1.75 bits per heavy atom. The molecule has 0 radical (unpaired) electrons. The summed E-state index contributed by atoms with van der Waals surface area (Å²) in [4.78, 5) is 27.9. The standard InChI is InChI=1S/C24H29Cl3FN3O4S/c1-4-6-11-29-24(33)22(5-2)30(14-16-7-8-17(25)12-19(16)26)23(32)15-31(36(3,34)35)18-9-10-21(28)20(27)13-18/h7-10,12-13,22H,4-6,11,14-15H2,1-3H3,(H,29,33). The Morgan fingerprint density at radius 1 is 1.06 bits per heavy atom. The Bertz CT molecular complexity index is 1200. The molecule has 1 N–H and O–H groups in total. The molecule has 36 heavy (non-hydrogen) atoms. The van der Waals surface area contributed by atoms with E-state index in [2.05, 4.69) is 5.32 Å². The number of hydrogen-bond donors (Lipinski definition) is 1. The van der Waals surface area contributed by atoms with Crippen LogP contribution in [0.25, 0.3) is 0 Å². The number of anilines is 1. The summed E-state index contributed by atoms with van der Waals surface area (Å²) in [7, 11) is -3.97. The minimum absolute atomic E-state index is 0.0159. The molecule has 198 valence electrons. The fourth-order valence-electron chi connectivity index (χ4n) is 3.51. The highest BCUT2D eigenvalue weighted by Gasteiger charge is 2.32. The van der Waals surface area contributed by atoms with E-state index in [0.29, 0.717) is 22.2 Å². The molecule has 0 bridgehead atoms. The molecule has 0 saturated heterocycles. The zero-order valence-electron chi connectivity index (χ0n) is 20.2. The normalized spacial score (nSPS) is 12.2. The third-order valence-corrected chi connectivity index (χ3v) is 7.46. The molecular weight excluding hydrogens is 552 g/mol. The first-order valence-electron chi connectivity index (χ1n) is 11.3. The number of carbonyl (C=O) groups is 2. The van der Waals surface area contributed by atoms with Crippen molar-refractivity contribution in [2.45, 2.75) is 45.7 Å². The summed E-state index contributed by atoms with van der Waals surface area (Å²) in [5.41, 5.74) is 0.548. The van der Waals surface area contributed by atoms with Gasteiger partial charge in [-0.15, -0.1) is 0 Å². The number of benzene rings is 2. The van der Waals surface area contributed by atoms with E-state index in [0.717, 1.165) is 35.5 Å². The number of rotatable bonds is 12. The SMILES string of the molecule is CCCCNC(=O)C(CC)N(Cc1ccc(Cl)cc1Cl)C(=O)CN(c1ccc(F)c(Cl)c1)S(C)(=O)=O. The Balaban J connectivity index is 2.46. The maximum atomic E-state index is 13.7. The third-order valence-electron chi connectivity index (χ3n) is 5.44. The van der Waals surface area contributed by atoms with Gasteiger partial charge in [0.25, 0.3) is 0 Å². The molecule has 2 aromatic carbocycles. The summed E-state index contributed by atoms with van der Waals surface area (Å²) in [6.07, 6.45) is 2.85. The number of nitrogens with one attached hydrogen (secondary N) is 1. The number of sulfonamides is 1. The van der Waals surface area contributed by atoms with E-state index >= 15 is 0 Å². The lowest BCUT2D eigenvalue weighted by atomic mass is 10.1. The fraction of sp³-hybridized carbons (Fsp3) is 0.417. The quantitative estimate of drug-likeness (QED) is 0.346. The van der Waals surface area contributed by atoms with E-state index in [-0.39, 0.29) is 29.6 Å². The van der Waals surface area contributed by atoms with Crippen LogP contribution in [0.2, 0.25) is 15.1 Å². The molecule has 0 heterocycles. The van der Waals surface area contributed by atoms with Crippen molar-refractivity contribution < 1.29 is 22.4 Å². The topological polar surface area (TPSA) is 86.8 Å². The molecule has 1 atom stereocenters. The zero-order chi connectivity index (χ0) is 27.0. The van der Waals surface area contributed by atoms with E-state index in [4.69, 9.17) is 34.8 Å². The maximum Gasteiger partial charge on any atom is 0.244 e. The fourth-order valence-corrected chi connectivity index (χ4v) is 5.00. The van der Waals surface area contributed by atoms with Gasteiger partial charge < -0.3 is 10.2 Å². The van der Waals surface area contributed by atoms with Crippen molar-refractivity contribution in [3.8, 4) is 0 Å². The summed E-state index contributed by atoms with van der Waals surface area (Å²) >= 11 is 18.2. The van der Waals surface area contributed by atoms with Gasteiger partial charge in [-0.05, 0) is 48.7 Å². The molecule has 2 rings (SSSR count). The molecule has 0 aliphatic heterocycles. The Morgan fingerprint density at radius 3 is 2.31 bits per heavy atom. The smallest absolute Gasteiger partial charge is 0.244 e. The summed E-state index contributed by atoms with van der Waals surface area (Å²) < 4.78 is 39.7. The Labute approximate surface area is 226 Å². The minimum Gasteiger partial charge on any atom is -0.354 e. The van der Waals surface area contributed by atoms with Crippen LogP contribution in [0.1, 0.15) is 38.7 Å². The van der Waals surface area contributed by atoms with Crippen LogP contribution in [0.5, 0.6) is 0 Å². The van der Waals surface area contributed by atoms with Gasteiger partial charge >= 0.3 is 0 Å². The van der Waals surface area contributed by atoms with Crippen LogP contribution < -0.4 is 9.62 Å². The highest BCUT2D eigenvalue weighted by molar-refractivity contribution is 7.92. The molecule has 7 nitrogen and oxygen atoms in total. The van der Waals surface area contributed by atoms with Crippen LogP contribution in [0.4, 0.5) is 10.1 Å². The van der Waals surface area contributed by atoms with E-state index in [9.17, 15) is 22.4 Å². The molecule has 0 aliphatic carbocycles. The summed E-state index contributed by atoms with van der Waals surface area (Å²) in [5.74, 6) is -1.74. The molecule has 0 fully saturated rings. The van der Waals surface area contributed by atoms with Gasteiger partial charge in [0, 0.05) is 23.1 Å². The molecule has 12 heteroatoms. The van der Waals surface area contributed by atoms with Crippen molar-refractivity contribution in [1.29, 1.82) is 0 Å². The second kappa shape index (κ2) is 13.5. The van der Waals surface area contributed by atoms with Crippen molar-refractivity contribution in [2.75, 3.05) is 23.7 Å². The average Bonchev–Trinajstić information content (AvgIpc) is 2.80. The van der Waals surface area contributed by atoms with Crippen LogP contribution in [0, 0.1) is 5.82 Å². The lowest BCUT2D eigenvalue weighted by Crippen LogP contribution is -2.52. The first kappa shape index (κ1) is 30.2. The number of unbranched alkanes of at least 4 members (excludes halogenated alkanes) is 1. The van der Waals surface area contributed by atoms with Crippen LogP contribution >= 0.6 is 34.8 Å².